The molecule has 4 heterocycles. The Balaban J connectivity index is 1.30. The molecule has 1 fully saturated rings. The van der Waals surface area contributed by atoms with Crippen molar-refractivity contribution in [2.45, 2.75) is 19.3 Å². The minimum Gasteiger partial charge on any atom is -0.467 e. The molecule has 0 aliphatic carbocycles. The summed E-state index contributed by atoms with van der Waals surface area (Å²) >= 11 is 0. The molecule has 3 aliphatic rings. The van der Waals surface area contributed by atoms with Gasteiger partial charge in [-0.15, -0.1) is 5.10 Å². The molecular weight excluding hydrogens is 438 g/mol. The fourth-order valence-corrected chi connectivity index (χ4v) is 4.80. The summed E-state index contributed by atoms with van der Waals surface area (Å²) in [6.07, 6.45) is 3.09. The van der Waals surface area contributed by atoms with Crippen molar-refractivity contribution < 1.29 is 23.7 Å². The fraction of sp³-hybridized carbons (Fsp3) is 0.375. The molecule has 176 valence electrons. The van der Waals surface area contributed by atoms with Crippen LogP contribution in [0.5, 0.6) is 11.5 Å². The first kappa shape index (κ1) is 21.1. The molecule has 3 aromatic rings. The molecule has 0 saturated carbocycles. The van der Waals surface area contributed by atoms with Gasteiger partial charge >= 0.3 is 6.03 Å². The van der Waals surface area contributed by atoms with Gasteiger partial charge in [0, 0.05) is 37.3 Å². The first-order valence-electron chi connectivity index (χ1n) is 11.3. The van der Waals surface area contributed by atoms with E-state index in [0.717, 1.165) is 46.8 Å². The number of benzene rings is 2. The molecule has 10 nitrogen and oxygen atoms in total. The Morgan fingerprint density at radius 3 is 2.03 bits per heavy atom. The van der Waals surface area contributed by atoms with Gasteiger partial charge < -0.3 is 23.8 Å². The average molecular weight is 463 g/mol. The average Bonchev–Trinajstić information content (AvgIpc) is 3.44. The number of carbonyl (C=O) groups is 1. The highest BCUT2D eigenvalue weighted by atomic mass is 16.7. The highest BCUT2D eigenvalue weighted by Crippen LogP contribution is 2.36. The normalized spacial score (nSPS) is 18.1. The maximum Gasteiger partial charge on any atom is 0.346 e. The number of nitrogens with zero attached hydrogens (tertiary/aromatic N) is 5. The Labute approximate surface area is 196 Å². The second-order valence-electron chi connectivity index (χ2n) is 8.51. The van der Waals surface area contributed by atoms with E-state index in [1.807, 2.05) is 17.0 Å². The SMILES string of the molecule is O=C(N1CCN(C(c2ccc3c(c2)COCO3)c2ccc3c(c2)COCO3)CC1)n1ccnn1. The Bertz CT molecular complexity index is 1120. The van der Waals surface area contributed by atoms with Crippen LogP contribution in [0.15, 0.2) is 48.8 Å². The molecule has 1 aromatic heterocycles. The highest BCUT2D eigenvalue weighted by Gasteiger charge is 2.30. The topological polar surface area (TPSA) is 91.2 Å². The van der Waals surface area contributed by atoms with Crippen molar-refractivity contribution in [1.82, 2.24) is 24.8 Å². The summed E-state index contributed by atoms with van der Waals surface area (Å²) in [5, 5.41) is 7.58. The quantitative estimate of drug-likeness (QED) is 0.585. The van der Waals surface area contributed by atoms with Crippen LogP contribution < -0.4 is 9.47 Å². The molecule has 10 heteroatoms. The van der Waals surface area contributed by atoms with Crippen LogP contribution in [0, 0.1) is 0 Å². The highest BCUT2D eigenvalue weighted by molar-refractivity contribution is 5.75. The van der Waals surface area contributed by atoms with Crippen molar-refractivity contribution in [2.75, 3.05) is 39.8 Å². The molecule has 0 radical (unpaired) electrons. The summed E-state index contributed by atoms with van der Waals surface area (Å²) in [6.45, 7) is 4.26. The lowest BCUT2D eigenvalue weighted by Crippen LogP contribution is -2.51. The molecule has 0 unspecified atom stereocenters. The second kappa shape index (κ2) is 9.05. The molecule has 0 spiro atoms. The Morgan fingerprint density at radius 1 is 0.853 bits per heavy atom. The molecule has 3 aliphatic heterocycles. The standard InChI is InChI=1S/C24H25N5O5/c30-24(29-6-5-25-26-29)28-9-7-27(8-10-28)23(17-1-3-21-19(11-17)13-31-15-33-21)18-2-4-22-20(12-18)14-32-16-34-22/h1-6,11-12,23H,7-10,13-16H2. The zero-order chi connectivity index (χ0) is 22.9. The van der Waals surface area contributed by atoms with Crippen LogP contribution in [0.1, 0.15) is 28.3 Å². The van der Waals surface area contributed by atoms with Crippen LogP contribution in [0.3, 0.4) is 0 Å². The predicted octanol–water partition coefficient (Wildman–Crippen LogP) is 2.39. The van der Waals surface area contributed by atoms with Gasteiger partial charge in [-0.05, 0) is 35.4 Å². The lowest BCUT2D eigenvalue weighted by molar-refractivity contribution is -0.0165. The third-order valence-electron chi connectivity index (χ3n) is 6.48. The van der Waals surface area contributed by atoms with Crippen LogP contribution in [0.25, 0.3) is 0 Å². The van der Waals surface area contributed by atoms with E-state index < -0.39 is 0 Å². The van der Waals surface area contributed by atoms with E-state index in [4.69, 9.17) is 18.9 Å². The number of carbonyl (C=O) groups excluding carboxylic acids is 1. The molecule has 0 bridgehead atoms. The second-order valence-corrected chi connectivity index (χ2v) is 8.51. The summed E-state index contributed by atoms with van der Waals surface area (Å²) in [7, 11) is 0. The van der Waals surface area contributed by atoms with Crippen LogP contribution in [-0.4, -0.2) is 70.6 Å². The van der Waals surface area contributed by atoms with Crippen LogP contribution in [-0.2, 0) is 22.7 Å². The minimum absolute atomic E-state index is 0.00285. The number of fused-ring (bicyclic) bond motifs is 2. The monoisotopic (exact) mass is 463 g/mol. The summed E-state index contributed by atoms with van der Waals surface area (Å²) < 4.78 is 23.6. The first-order valence-corrected chi connectivity index (χ1v) is 11.3. The van der Waals surface area contributed by atoms with Crippen LogP contribution in [0.2, 0.25) is 0 Å². The Kier molecular flexibility index (Phi) is 5.61. The fourth-order valence-electron chi connectivity index (χ4n) is 4.80. The summed E-state index contributed by atoms with van der Waals surface area (Å²) in [5.41, 5.74) is 4.39. The third kappa shape index (κ3) is 4.00. The molecule has 2 aromatic carbocycles. The summed E-state index contributed by atoms with van der Waals surface area (Å²) in [6, 6.07) is 12.5. The largest absolute Gasteiger partial charge is 0.467 e. The van der Waals surface area contributed by atoms with E-state index in [9.17, 15) is 4.79 Å². The Morgan fingerprint density at radius 2 is 1.47 bits per heavy atom. The molecular formula is C24H25N5O5. The number of piperazine rings is 1. The maximum absolute atomic E-state index is 12.7. The summed E-state index contributed by atoms with van der Waals surface area (Å²) in [5.74, 6) is 1.73. The Hall–Kier alpha value is -3.47. The van der Waals surface area contributed by atoms with Gasteiger partial charge in [-0.3, -0.25) is 4.90 Å². The zero-order valence-corrected chi connectivity index (χ0v) is 18.6. The van der Waals surface area contributed by atoms with E-state index in [-0.39, 0.29) is 25.7 Å². The smallest absolute Gasteiger partial charge is 0.346 e. The molecule has 6 rings (SSSR count). The van der Waals surface area contributed by atoms with Crippen LogP contribution in [0.4, 0.5) is 4.79 Å². The molecule has 1 saturated heterocycles. The van der Waals surface area contributed by atoms with Gasteiger partial charge in [0.25, 0.3) is 0 Å². The van der Waals surface area contributed by atoms with Crippen molar-refractivity contribution in [3.8, 4) is 11.5 Å². The van der Waals surface area contributed by atoms with Gasteiger partial charge in [0.15, 0.2) is 13.6 Å². The van der Waals surface area contributed by atoms with Crippen molar-refractivity contribution in [3.63, 3.8) is 0 Å². The minimum atomic E-state index is -0.153. The van der Waals surface area contributed by atoms with Crippen molar-refractivity contribution >= 4 is 6.03 Å². The lowest BCUT2D eigenvalue weighted by atomic mass is 9.93. The molecule has 0 atom stereocenters. The molecule has 0 N–H and O–H groups in total. The number of hydrogen-bond donors (Lipinski definition) is 0. The summed E-state index contributed by atoms with van der Waals surface area (Å²) in [4.78, 5) is 16.9. The van der Waals surface area contributed by atoms with Gasteiger partial charge in [0.1, 0.15) is 11.5 Å². The van der Waals surface area contributed by atoms with E-state index in [0.29, 0.717) is 26.3 Å². The van der Waals surface area contributed by atoms with Gasteiger partial charge in [-0.2, -0.15) is 4.68 Å². The maximum atomic E-state index is 12.7. The van der Waals surface area contributed by atoms with Gasteiger partial charge in [-0.1, -0.05) is 17.3 Å². The van der Waals surface area contributed by atoms with Crippen molar-refractivity contribution in [2.24, 2.45) is 0 Å². The van der Waals surface area contributed by atoms with Crippen molar-refractivity contribution in [1.29, 1.82) is 0 Å². The number of amides is 1. The van der Waals surface area contributed by atoms with Crippen molar-refractivity contribution in [3.05, 3.63) is 71.0 Å². The van der Waals surface area contributed by atoms with Gasteiger partial charge in [-0.25, -0.2) is 4.79 Å². The molecule has 1 amide bonds. The number of hydrogen-bond acceptors (Lipinski definition) is 8. The number of aromatic nitrogens is 3. The number of ether oxygens (including phenoxy) is 4. The van der Waals surface area contributed by atoms with Gasteiger partial charge in [0.05, 0.1) is 31.6 Å². The first-order chi connectivity index (χ1) is 16.8. The van der Waals surface area contributed by atoms with Crippen LogP contribution >= 0.6 is 0 Å². The van der Waals surface area contributed by atoms with E-state index >= 15 is 0 Å². The lowest BCUT2D eigenvalue weighted by Gasteiger charge is -2.40. The molecule has 34 heavy (non-hydrogen) atoms. The zero-order valence-electron chi connectivity index (χ0n) is 18.6. The van der Waals surface area contributed by atoms with E-state index in [1.165, 1.54) is 10.9 Å². The van der Waals surface area contributed by atoms with E-state index in [2.05, 4.69) is 39.5 Å². The number of rotatable bonds is 3. The predicted molar refractivity (Wildman–Crippen MR) is 119 cm³/mol. The van der Waals surface area contributed by atoms with E-state index in [1.54, 1.807) is 6.20 Å². The third-order valence-corrected chi connectivity index (χ3v) is 6.48. The van der Waals surface area contributed by atoms with Gasteiger partial charge in [0.2, 0.25) is 0 Å².